The van der Waals surface area contributed by atoms with Crippen LogP contribution in [0.5, 0.6) is 0 Å². The van der Waals surface area contributed by atoms with Crippen LogP contribution in [0.3, 0.4) is 0 Å². The zero-order chi connectivity index (χ0) is 21.2. The predicted molar refractivity (Wildman–Crippen MR) is 123 cm³/mol. The van der Waals surface area contributed by atoms with Crippen molar-refractivity contribution >= 4 is 18.4 Å². The first-order chi connectivity index (χ1) is 15.0. The van der Waals surface area contributed by atoms with Gasteiger partial charge in [0.05, 0.1) is 12.7 Å². The first kappa shape index (κ1) is 20.2. The Bertz CT molecular complexity index is 897. The van der Waals surface area contributed by atoms with Crippen molar-refractivity contribution < 1.29 is 14.1 Å². The van der Waals surface area contributed by atoms with Crippen molar-refractivity contribution in [1.82, 2.24) is 0 Å². The van der Waals surface area contributed by atoms with Gasteiger partial charge < -0.3 is 9.31 Å². The second-order valence-corrected chi connectivity index (χ2v) is 11.4. The highest BCUT2D eigenvalue weighted by Gasteiger charge is 2.60. The van der Waals surface area contributed by atoms with E-state index in [2.05, 4.69) is 38.1 Å². The van der Waals surface area contributed by atoms with Crippen molar-refractivity contribution in [3.05, 3.63) is 42.0 Å². The maximum absolute atomic E-state index is 12.1. The number of carbonyl (C=O) groups is 1. The number of hydrogen-bond acceptors (Lipinski definition) is 3. The third-order valence-corrected chi connectivity index (χ3v) is 10.3. The van der Waals surface area contributed by atoms with E-state index in [0.717, 1.165) is 49.1 Å². The average molecular weight is 418 g/mol. The van der Waals surface area contributed by atoms with E-state index in [1.165, 1.54) is 37.7 Å². The minimum Gasteiger partial charge on any atom is -0.405 e. The molecule has 4 aliphatic carbocycles. The molecular formula is C27H35BO3. The molecule has 5 aliphatic rings. The van der Waals surface area contributed by atoms with E-state index in [4.69, 9.17) is 9.31 Å². The smallest absolute Gasteiger partial charge is 0.405 e. The van der Waals surface area contributed by atoms with E-state index in [0.29, 0.717) is 17.1 Å². The van der Waals surface area contributed by atoms with Gasteiger partial charge in [-0.25, -0.2) is 0 Å². The molecule has 1 saturated heterocycles. The highest BCUT2D eigenvalue weighted by Crippen LogP contribution is 2.67. The molecule has 4 fully saturated rings. The van der Waals surface area contributed by atoms with Gasteiger partial charge in [-0.15, -0.1) is 0 Å². The van der Waals surface area contributed by atoms with Crippen LogP contribution in [0.4, 0.5) is 0 Å². The van der Waals surface area contributed by atoms with Gasteiger partial charge in [-0.1, -0.05) is 49.8 Å². The molecule has 4 heteroatoms. The number of benzene rings is 1. The molecule has 3 saturated carbocycles. The maximum atomic E-state index is 12.1. The molecule has 6 rings (SSSR count). The second-order valence-electron chi connectivity index (χ2n) is 11.4. The molecule has 1 aromatic carbocycles. The summed E-state index contributed by atoms with van der Waals surface area (Å²) >= 11 is 0. The Labute approximate surface area is 187 Å². The summed E-state index contributed by atoms with van der Waals surface area (Å²) in [6.45, 7) is 5.78. The van der Waals surface area contributed by atoms with E-state index < -0.39 is 0 Å². The Balaban J connectivity index is 1.22. The third-order valence-electron chi connectivity index (χ3n) is 10.3. The molecule has 0 N–H and O–H groups in total. The van der Waals surface area contributed by atoms with E-state index in [1.807, 2.05) is 12.1 Å². The Morgan fingerprint density at radius 3 is 2.58 bits per heavy atom. The molecule has 1 aliphatic heterocycles. The first-order valence-corrected chi connectivity index (χ1v) is 12.5. The molecular weight excluding hydrogens is 383 g/mol. The van der Waals surface area contributed by atoms with Crippen molar-refractivity contribution in [1.29, 1.82) is 0 Å². The Hall–Kier alpha value is -1.39. The molecule has 0 unspecified atom stereocenters. The van der Waals surface area contributed by atoms with E-state index >= 15 is 0 Å². The van der Waals surface area contributed by atoms with Gasteiger partial charge in [0.1, 0.15) is 0 Å². The Morgan fingerprint density at radius 2 is 1.74 bits per heavy atom. The van der Waals surface area contributed by atoms with Crippen LogP contribution < -0.4 is 5.46 Å². The van der Waals surface area contributed by atoms with Crippen molar-refractivity contribution in [3.8, 4) is 0 Å². The largest absolute Gasteiger partial charge is 0.494 e. The van der Waals surface area contributed by atoms with Crippen molar-refractivity contribution in [3.63, 3.8) is 0 Å². The minimum atomic E-state index is -0.203. The van der Waals surface area contributed by atoms with Crippen LogP contribution in [-0.2, 0) is 14.1 Å². The summed E-state index contributed by atoms with van der Waals surface area (Å²) in [6.07, 6.45) is 11.7. The zero-order valence-electron chi connectivity index (χ0n) is 19.0. The normalized spacial score (nSPS) is 44.5. The summed E-state index contributed by atoms with van der Waals surface area (Å²) in [6, 6.07) is 10.4. The molecule has 0 aromatic heterocycles. The van der Waals surface area contributed by atoms with Crippen molar-refractivity contribution in [2.45, 2.75) is 71.3 Å². The molecule has 0 radical (unpaired) electrons. The number of allylic oxidation sites excluding steroid dienone is 1. The lowest BCUT2D eigenvalue weighted by Crippen LogP contribution is -2.51. The second kappa shape index (κ2) is 7.32. The lowest BCUT2D eigenvalue weighted by molar-refractivity contribution is -0.117. The highest BCUT2D eigenvalue weighted by molar-refractivity contribution is 6.61. The van der Waals surface area contributed by atoms with Gasteiger partial charge in [0.25, 0.3) is 0 Å². The molecule has 164 valence electrons. The lowest BCUT2D eigenvalue weighted by atomic mass is 9.46. The minimum absolute atomic E-state index is 0.203. The summed E-state index contributed by atoms with van der Waals surface area (Å²) in [5.41, 5.74) is 3.24. The fourth-order valence-corrected chi connectivity index (χ4v) is 8.63. The van der Waals surface area contributed by atoms with Crippen LogP contribution >= 0.6 is 0 Å². The molecule has 0 spiro atoms. The van der Waals surface area contributed by atoms with E-state index in [-0.39, 0.29) is 18.6 Å². The molecule has 0 amide bonds. The number of hydrogen-bond donors (Lipinski definition) is 0. The monoisotopic (exact) mass is 418 g/mol. The topological polar surface area (TPSA) is 35.5 Å². The number of ketones is 1. The molecule has 1 aromatic rings. The van der Waals surface area contributed by atoms with Gasteiger partial charge in [-0.2, -0.15) is 0 Å². The number of rotatable bonds is 2. The van der Waals surface area contributed by atoms with Gasteiger partial charge in [-0.3, -0.25) is 4.79 Å². The maximum Gasteiger partial charge on any atom is 0.494 e. The summed E-state index contributed by atoms with van der Waals surface area (Å²) in [4.78, 5) is 12.1. The average Bonchev–Trinajstić information content (AvgIpc) is 3.39. The first-order valence-electron chi connectivity index (χ1n) is 12.5. The van der Waals surface area contributed by atoms with E-state index in [1.54, 1.807) is 0 Å². The summed E-state index contributed by atoms with van der Waals surface area (Å²) in [5.74, 6) is 3.33. The number of carbonyl (C=O) groups excluding carboxylic acids is 1. The van der Waals surface area contributed by atoms with Gasteiger partial charge in [-0.05, 0) is 91.0 Å². The Kier molecular flexibility index (Phi) is 4.78. The fraction of sp³-hybridized carbons (Fsp3) is 0.667. The Morgan fingerprint density at radius 1 is 0.935 bits per heavy atom. The van der Waals surface area contributed by atoms with Crippen LogP contribution in [0, 0.1) is 34.5 Å². The standard InChI is InChI=1S/C27H35BO3/c1-26-14-12-20(29)16-18(26)8-9-21-22-10-11-24(27(22,2)15-13-23(21)26)25-17-30-28(31-25)19-6-4-3-5-7-19/h3-7,16,21-25H,8-15,17H2,1-2H3/t21-,22-,23-,24+,25+,26-,27-/m0/s1. The molecule has 3 nitrogen and oxygen atoms in total. The zero-order valence-corrected chi connectivity index (χ0v) is 19.0. The van der Waals surface area contributed by atoms with Crippen molar-refractivity contribution in [2.24, 2.45) is 34.5 Å². The van der Waals surface area contributed by atoms with Gasteiger partial charge in [0.15, 0.2) is 5.78 Å². The van der Waals surface area contributed by atoms with Gasteiger partial charge in [0, 0.05) is 6.42 Å². The SMILES string of the molecule is C[C@]12CC[C@H]3[C@@H](CCC4=CC(=O)CC[C@@]43C)[C@@H]1CC[C@@H]2[C@H]1COB(c2ccccc2)O1. The van der Waals surface area contributed by atoms with Crippen LogP contribution in [0.1, 0.15) is 65.2 Å². The van der Waals surface area contributed by atoms with Crippen LogP contribution in [-0.4, -0.2) is 25.6 Å². The molecule has 7 atom stereocenters. The fourth-order valence-electron chi connectivity index (χ4n) is 8.63. The van der Waals surface area contributed by atoms with Gasteiger partial charge >= 0.3 is 7.12 Å². The van der Waals surface area contributed by atoms with E-state index in [9.17, 15) is 4.79 Å². The number of fused-ring (bicyclic) bond motifs is 5. The molecule has 1 heterocycles. The highest BCUT2D eigenvalue weighted by atomic mass is 16.6. The van der Waals surface area contributed by atoms with Crippen LogP contribution in [0.2, 0.25) is 0 Å². The predicted octanol–water partition coefficient (Wildman–Crippen LogP) is 4.95. The van der Waals surface area contributed by atoms with Crippen molar-refractivity contribution in [2.75, 3.05) is 6.61 Å². The van der Waals surface area contributed by atoms with Crippen LogP contribution in [0.15, 0.2) is 42.0 Å². The quantitative estimate of drug-likeness (QED) is 0.638. The molecule has 31 heavy (non-hydrogen) atoms. The van der Waals surface area contributed by atoms with Crippen LogP contribution in [0.25, 0.3) is 0 Å². The lowest BCUT2D eigenvalue weighted by Gasteiger charge is -2.58. The van der Waals surface area contributed by atoms with Gasteiger partial charge in [0.2, 0.25) is 0 Å². The molecule has 0 bridgehead atoms. The summed E-state index contributed by atoms with van der Waals surface area (Å²) < 4.78 is 12.7. The third kappa shape index (κ3) is 3.04. The summed E-state index contributed by atoms with van der Waals surface area (Å²) in [5, 5.41) is 0. The summed E-state index contributed by atoms with van der Waals surface area (Å²) in [7, 11) is -0.203.